The molecule has 6 aromatic carbocycles. The summed E-state index contributed by atoms with van der Waals surface area (Å²) in [6, 6.07) is 48.0. The molecule has 123 heavy (non-hydrogen) atoms. The first-order chi connectivity index (χ1) is 58.9. The van der Waals surface area contributed by atoms with Crippen molar-refractivity contribution in [3.63, 3.8) is 0 Å². The zero-order chi connectivity index (χ0) is 90.1. The first-order valence-corrected chi connectivity index (χ1v) is 41.2. The van der Waals surface area contributed by atoms with Crippen LogP contribution >= 0.6 is 0 Å². The number of nitrogens with two attached hydrogens (primary N) is 3. The molecule has 33 nitrogen and oxygen atoms in total. The van der Waals surface area contributed by atoms with Crippen LogP contribution in [0.5, 0.6) is 0 Å². The monoisotopic (exact) mass is 1700 g/mol. The fourth-order valence-electron chi connectivity index (χ4n) is 13.9. The molecular weight excluding hydrogens is 1580 g/mol. The Morgan fingerprint density at radius 2 is 0.520 bits per heavy atom. The molecule has 6 atom stereocenters. The minimum Gasteiger partial charge on any atom is -0.481 e. The van der Waals surface area contributed by atoms with Crippen LogP contribution in [0.4, 0.5) is 0 Å². The van der Waals surface area contributed by atoms with E-state index in [4.69, 9.17) is 26.7 Å². The van der Waals surface area contributed by atoms with Crippen molar-refractivity contribution in [1.82, 2.24) is 59.2 Å². The minimum absolute atomic E-state index is 0.00614. The second kappa shape index (κ2) is 52.1. The number of methoxy groups -OCH3 is 2. The highest BCUT2D eigenvalue weighted by Gasteiger charge is 2.38. The van der Waals surface area contributed by atoms with Gasteiger partial charge in [-0.3, -0.25) is 67.1 Å². The van der Waals surface area contributed by atoms with Gasteiger partial charge in [0.05, 0.1) is 102 Å². The molecule has 0 spiro atoms. The summed E-state index contributed by atoms with van der Waals surface area (Å²) in [6.07, 6.45) is -0.924. The third kappa shape index (κ3) is 31.9. The number of carbonyl (C=O) groups is 14. The average molecular weight is 1700 g/mol. The molecule has 0 saturated carbocycles. The second-order valence-electron chi connectivity index (χ2n) is 29.9. The van der Waals surface area contributed by atoms with Gasteiger partial charge in [-0.1, -0.05) is 182 Å². The van der Waals surface area contributed by atoms with E-state index in [-0.39, 0.29) is 64.6 Å². The summed E-state index contributed by atoms with van der Waals surface area (Å²) in [7, 11) is 2.89. The highest BCUT2D eigenvalue weighted by Crippen LogP contribution is 2.30. The molecule has 0 aromatic heterocycles. The van der Waals surface area contributed by atoms with Crippen molar-refractivity contribution < 1.29 is 86.8 Å². The number of carboxylic acids is 2. The molecular formula is C90H121N15O18. The van der Waals surface area contributed by atoms with Gasteiger partial charge >= 0.3 is 11.9 Å². The Balaban J connectivity index is 1.32. The normalized spacial score (nSPS) is 12.5. The van der Waals surface area contributed by atoms with Crippen LogP contribution in [0.1, 0.15) is 137 Å². The van der Waals surface area contributed by atoms with Crippen LogP contribution < -0.4 is 22.5 Å². The number of amides is 12. The number of aliphatic carboxylic acids is 2. The average Bonchev–Trinajstić information content (AvgIpc) is 0.820. The van der Waals surface area contributed by atoms with Crippen molar-refractivity contribution in [2.24, 2.45) is 17.2 Å². The van der Waals surface area contributed by atoms with Gasteiger partial charge in [-0.25, -0.2) is 0 Å². The lowest BCUT2D eigenvalue weighted by Crippen LogP contribution is -2.54. The molecule has 6 rings (SSSR count). The maximum Gasteiger partial charge on any atom is 0.305 e. The van der Waals surface area contributed by atoms with Crippen molar-refractivity contribution in [3.05, 3.63) is 215 Å². The molecule has 0 unspecified atom stereocenters. The summed E-state index contributed by atoms with van der Waals surface area (Å²) in [5.74, 6) is -11.6. The van der Waals surface area contributed by atoms with E-state index >= 15 is 43.2 Å². The third-order valence-corrected chi connectivity index (χ3v) is 21.4. The van der Waals surface area contributed by atoms with Crippen molar-refractivity contribution in [2.75, 3.05) is 158 Å². The van der Waals surface area contributed by atoms with E-state index in [0.717, 1.165) is 25.2 Å². The third-order valence-electron chi connectivity index (χ3n) is 21.4. The van der Waals surface area contributed by atoms with Crippen LogP contribution in [-0.2, 0) is 76.6 Å². The summed E-state index contributed by atoms with van der Waals surface area (Å²) in [4.78, 5) is 215. The number of carbonyl (C=O) groups excluding carboxylic acids is 12. The molecule has 12 amide bonds. The van der Waals surface area contributed by atoms with Gasteiger partial charge in [0.2, 0.25) is 70.9 Å². The largest absolute Gasteiger partial charge is 0.481 e. The number of hydrogen-bond acceptors (Lipinski definition) is 19. The maximum atomic E-state index is 15.7. The SMILES string of the molecule is COCCNCC(=O)N(CC(=O)N(CC(=O)N(CCCN)CC(=O)N(CC(=O)N(CC(=O)N(CCOC)CC(=O)N(CCC(=O)O)CC(=O)N(CCCN)CC(=O)N(CC(=O)N(CC(=O)N(CCC(=O)O)CC(N)=O)[C@@H](C)c1ccccc1)[C@@H](C)c1ccccc1)[C@@H](C)c1ccccc1)[C@@H](C)c1ccccc1)[C@@H](C)c1ccccc1)[C@@H](C)c1ccccc1. The summed E-state index contributed by atoms with van der Waals surface area (Å²) >= 11 is 0. The van der Waals surface area contributed by atoms with Crippen LogP contribution in [0.2, 0.25) is 0 Å². The van der Waals surface area contributed by atoms with Gasteiger partial charge < -0.3 is 96.1 Å². The molecule has 0 aliphatic carbocycles. The Morgan fingerprint density at radius 1 is 0.301 bits per heavy atom. The van der Waals surface area contributed by atoms with E-state index < -0.39 is 211 Å². The maximum absolute atomic E-state index is 15.7. The Morgan fingerprint density at radius 3 is 0.772 bits per heavy atom. The van der Waals surface area contributed by atoms with Gasteiger partial charge in [0.1, 0.15) is 39.3 Å². The van der Waals surface area contributed by atoms with E-state index in [9.17, 15) is 34.2 Å². The topological polar surface area (TPSA) is 424 Å². The Kier molecular flexibility index (Phi) is 42.2. The quantitative estimate of drug-likeness (QED) is 0.0282. The molecule has 6 aromatic rings. The van der Waals surface area contributed by atoms with Crippen molar-refractivity contribution in [2.45, 2.75) is 103 Å². The second-order valence-corrected chi connectivity index (χ2v) is 29.9. The fourth-order valence-corrected chi connectivity index (χ4v) is 13.9. The van der Waals surface area contributed by atoms with Crippen molar-refractivity contribution in [1.29, 1.82) is 0 Å². The van der Waals surface area contributed by atoms with Crippen LogP contribution in [0, 0.1) is 0 Å². The van der Waals surface area contributed by atoms with Gasteiger partial charge in [0.15, 0.2) is 0 Å². The molecule has 0 radical (unpaired) electrons. The molecule has 0 aliphatic heterocycles. The number of ether oxygens (including phenoxy) is 2. The van der Waals surface area contributed by atoms with Crippen LogP contribution in [0.3, 0.4) is 0 Å². The molecule has 0 saturated heterocycles. The molecule has 0 aliphatic rings. The van der Waals surface area contributed by atoms with Crippen molar-refractivity contribution in [3.8, 4) is 0 Å². The van der Waals surface area contributed by atoms with Gasteiger partial charge in [-0.05, 0) is 101 Å². The molecule has 664 valence electrons. The Bertz CT molecular complexity index is 4390. The lowest BCUT2D eigenvalue weighted by Gasteiger charge is -2.37. The zero-order valence-electron chi connectivity index (χ0n) is 71.7. The number of rotatable bonds is 54. The number of carboxylic acid groups (broad SMARTS) is 2. The summed E-state index contributed by atoms with van der Waals surface area (Å²) in [6.45, 7) is 1.69. The van der Waals surface area contributed by atoms with Crippen molar-refractivity contribution >= 4 is 82.8 Å². The Hall–Kier alpha value is -12.3. The lowest BCUT2D eigenvalue weighted by atomic mass is 10.0. The van der Waals surface area contributed by atoms with E-state index in [1.54, 1.807) is 168 Å². The molecule has 0 heterocycles. The Labute approximate surface area is 719 Å². The standard InChI is InChI=1S/C90H121N15O18/c1-65(71-29-15-9-16-30-71)100(78(107)53-94-45-51-122-7)62-86(115)101(66(2)72-31-17-10-18-32-72)59-81(110)96(47-28-44-92)58-85(114)105(70(6)76-39-25-14-26-40-76)64-88(117)103(68(4)74-35-21-12-22-36-74)61-83(112)99(50-52-123-8)56-80(109)98(49-42-90(120)121)55-79(108)95(46-27-43-91)57-84(113)104(69(5)75-37-23-13-24-38-75)63-87(116)102(67(3)73-33-19-11-20-34-73)60-82(111)97(54-77(93)106)48-41-89(118)119/h9-26,29-40,65-70,94H,27-28,41-64,91-92H2,1-8H3,(H2,93,106)(H,118,119)(H,120,121)/t65-,66-,67-,68-,69-,70-/m0/s1. The smallest absolute Gasteiger partial charge is 0.305 e. The molecule has 33 heteroatoms. The van der Waals surface area contributed by atoms with E-state index in [0.29, 0.717) is 41.0 Å². The molecule has 9 N–H and O–H groups in total. The lowest BCUT2D eigenvalue weighted by molar-refractivity contribution is -0.151. The number of benzene rings is 6. The van der Waals surface area contributed by atoms with Gasteiger partial charge in [-0.2, -0.15) is 0 Å². The van der Waals surface area contributed by atoms with E-state index in [2.05, 4.69) is 5.32 Å². The van der Waals surface area contributed by atoms with E-state index in [1.165, 1.54) is 48.5 Å². The molecule has 0 bridgehead atoms. The van der Waals surface area contributed by atoms with E-state index in [1.807, 2.05) is 55.5 Å². The summed E-state index contributed by atoms with van der Waals surface area (Å²) < 4.78 is 10.6. The van der Waals surface area contributed by atoms with Gasteiger partial charge in [-0.15, -0.1) is 0 Å². The first-order valence-electron chi connectivity index (χ1n) is 41.2. The predicted octanol–water partition coefficient (Wildman–Crippen LogP) is 4.68. The number of nitrogens with one attached hydrogen (secondary N) is 1. The summed E-state index contributed by atoms with van der Waals surface area (Å²) in [5.41, 5.74) is 21.3. The minimum atomic E-state index is -1.36. The van der Waals surface area contributed by atoms with Crippen LogP contribution in [-0.4, -0.2) is 305 Å². The predicted molar refractivity (Wildman–Crippen MR) is 460 cm³/mol. The number of hydrogen-bond donors (Lipinski definition) is 6. The number of nitrogens with zero attached hydrogens (tertiary/aromatic N) is 11. The van der Waals surface area contributed by atoms with Gasteiger partial charge in [0.25, 0.3) is 0 Å². The first kappa shape index (κ1) is 99.5. The summed E-state index contributed by atoms with van der Waals surface area (Å²) in [5, 5.41) is 22.7. The van der Waals surface area contributed by atoms with Crippen LogP contribution in [0.25, 0.3) is 0 Å². The highest BCUT2D eigenvalue weighted by molar-refractivity contribution is 5.96. The highest BCUT2D eigenvalue weighted by atomic mass is 16.5. The number of primary amides is 1. The fraction of sp³-hybridized carbons (Fsp3) is 0.444. The molecule has 0 fully saturated rings. The zero-order valence-corrected chi connectivity index (χ0v) is 71.7. The van der Waals surface area contributed by atoms with Crippen LogP contribution in [0.15, 0.2) is 182 Å². The van der Waals surface area contributed by atoms with Gasteiger partial charge in [0, 0.05) is 53.5 Å².